The van der Waals surface area contributed by atoms with Gasteiger partial charge in [-0.2, -0.15) is 26.3 Å². The van der Waals surface area contributed by atoms with E-state index in [4.69, 9.17) is 9.47 Å². The number of nitrogens with zero attached hydrogens (tertiary/aromatic N) is 2. The summed E-state index contributed by atoms with van der Waals surface area (Å²) in [5, 5.41) is 14.7. The molecule has 4 aliphatic rings. The molecular weight excluding hydrogens is 492 g/mol. The van der Waals surface area contributed by atoms with Gasteiger partial charge in [-0.3, -0.25) is 0 Å². The van der Waals surface area contributed by atoms with E-state index in [1.807, 2.05) is 6.92 Å². The fraction of sp³-hybridized carbons (Fsp3) is 0.708. The van der Waals surface area contributed by atoms with Crippen LogP contribution in [0.1, 0.15) is 44.6 Å². The second-order valence-electron chi connectivity index (χ2n) is 10.9. The van der Waals surface area contributed by atoms with Crippen LogP contribution < -0.4 is 10.1 Å². The van der Waals surface area contributed by atoms with Crippen molar-refractivity contribution in [1.82, 2.24) is 14.9 Å². The number of piperidine rings is 1. The first-order valence-corrected chi connectivity index (χ1v) is 11.9. The Bertz CT molecular complexity index is 1130. The Hall–Kier alpha value is -2.05. The lowest BCUT2D eigenvalue weighted by Gasteiger charge is -2.76. The molecule has 36 heavy (non-hydrogen) atoms. The number of hydrogen-bond donors (Lipinski definition) is 2. The Morgan fingerprint density at radius 2 is 1.83 bits per heavy atom. The molecular formula is C24H29F6N3O3. The zero-order valence-electron chi connectivity index (χ0n) is 20.0. The summed E-state index contributed by atoms with van der Waals surface area (Å²) in [5.74, 6) is -0.0167. The highest BCUT2D eigenvalue weighted by atomic mass is 19.4. The number of benzene rings is 1. The number of imidazole rings is 1. The van der Waals surface area contributed by atoms with E-state index in [1.54, 1.807) is 0 Å². The van der Waals surface area contributed by atoms with Gasteiger partial charge in [-0.25, -0.2) is 4.98 Å². The molecule has 2 N–H and O–H groups in total. The normalized spacial score (nSPS) is 34.4. The SMILES string of the molecule is COCCn1cnc2cc(OC[C@@H]3C[C@](O)(C45CC(C(F)(F)F)(C4)C5)C[C@H](C)N3)cc(C(F)(F)F)c21. The average Bonchev–Trinajstić information content (AvgIpc) is 3.08. The predicted molar refractivity (Wildman–Crippen MR) is 117 cm³/mol. The van der Waals surface area contributed by atoms with Gasteiger partial charge in [0.2, 0.25) is 0 Å². The van der Waals surface area contributed by atoms with Gasteiger partial charge in [0.05, 0.1) is 40.5 Å². The Balaban J connectivity index is 1.31. The average molecular weight is 522 g/mol. The standard InChI is InChI=1S/C24H29F6N3O3/c1-14-7-22(34,20-10-21(11-20,12-20)24(28,29)30)8-15(32-14)9-36-16-5-17(23(25,26)27)19-18(6-16)31-13-33(19)3-4-35-2/h5-6,13-15,32,34H,3-4,7-12H2,1-2H3/t14-,15-,20?,21?,22-/m0/s1. The summed E-state index contributed by atoms with van der Waals surface area (Å²) >= 11 is 0. The third kappa shape index (κ3) is 3.96. The maximum absolute atomic E-state index is 13.9. The number of aromatic nitrogens is 2. The van der Waals surface area contributed by atoms with Gasteiger partial charge in [0.15, 0.2) is 0 Å². The van der Waals surface area contributed by atoms with E-state index in [1.165, 1.54) is 24.1 Å². The van der Waals surface area contributed by atoms with E-state index in [-0.39, 0.29) is 68.3 Å². The fourth-order valence-electron chi connectivity index (χ4n) is 6.68. The first-order valence-electron chi connectivity index (χ1n) is 11.9. The van der Waals surface area contributed by atoms with Crippen molar-refractivity contribution in [3.8, 4) is 5.75 Å². The van der Waals surface area contributed by atoms with Crippen LogP contribution in [-0.2, 0) is 17.5 Å². The molecule has 0 radical (unpaired) electrons. The van der Waals surface area contributed by atoms with E-state index in [0.29, 0.717) is 6.42 Å². The van der Waals surface area contributed by atoms with Gasteiger partial charge in [-0.1, -0.05) is 0 Å². The van der Waals surface area contributed by atoms with Gasteiger partial charge in [0.1, 0.15) is 12.4 Å². The topological polar surface area (TPSA) is 68.5 Å². The van der Waals surface area contributed by atoms with Crippen LogP contribution in [0.15, 0.2) is 18.5 Å². The molecule has 1 aromatic carbocycles. The zero-order chi connectivity index (χ0) is 26.1. The van der Waals surface area contributed by atoms with Crippen LogP contribution in [0.4, 0.5) is 26.3 Å². The molecule has 1 aliphatic heterocycles. The van der Waals surface area contributed by atoms with Gasteiger partial charge in [-0.05, 0) is 45.1 Å². The first kappa shape index (κ1) is 25.6. The number of alkyl halides is 6. The predicted octanol–water partition coefficient (Wildman–Crippen LogP) is 4.68. The Morgan fingerprint density at radius 1 is 1.14 bits per heavy atom. The van der Waals surface area contributed by atoms with E-state index >= 15 is 0 Å². The van der Waals surface area contributed by atoms with Crippen LogP contribution in [0.5, 0.6) is 5.75 Å². The van der Waals surface area contributed by atoms with Crippen LogP contribution in [0.3, 0.4) is 0 Å². The molecule has 1 aromatic heterocycles. The molecule has 0 amide bonds. The Morgan fingerprint density at radius 3 is 2.44 bits per heavy atom. The van der Waals surface area contributed by atoms with Gasteiger partial charge < -0.3 is 24.5 Å². The zero-order valence-corrected chi connectivity index (χ0v) is 20.0. The fourth-order valence-corrected chi connectivity index (χ4v) is 6.68. The van der Waals surface area contributed by atoms with Gasteiger partial charge >= 0.3 is 12.4 Å². The maximum Gasteiger partial charge on any atom is 0.418 e. The highest BCUT2D eigenvalue weighted by Crippen LogP contribution is 2.82. The lowest BCUT2D eigenvalue weighted by atomic mass is 9.29. The molecule has 1 saturated heterocycles. The summed E-state index contributed by atoms with van der Waals surface area (Å²) in [5.41, 5.74) is -4.51. The van der Waals surface area contributed by atoms with E-state index in [0.717, 1.165) is 6.07 Å². The highest BCUT2D eigenvalue weighted by Gasteiger charge is 2.83. The number of nitrogens with one attached hydrogen (secondary N) is 1. The van der Waals surface area contributed by atoms with E-state index in [2.05, 4.69) is 10.3 Å². The minimum absolute atomic E-state index is 0.0167. The van der Waals surface area contributed by atoms with Gasteiger partial charge in [0, 0.05) is 37.2 Å². The lowest BCUT2D eigenvalue weighted by molar-refractivity contribution is -0.403. The summed E-state index contributed by atoms with van der Waals surface area (Å²) in [7, 11) is 1.46. The molecule has 0 spiro atoms. The summed E-state index contributed by atoms with van der Waals surface area (Å²) in [6, 6.07) is 1.75. The van der Waals surface area contributed by atoms with Crippen molar-refractivity contribution < 1.29 is 40.9 Å². The third-order valence-electron chi connectivity index (χ3n) is 8.35. The molecule has 3 saturated carbocycles. The molecule has 2 bridgehead atoms. The van der Waals surface area contributed by atoms with Gasteiger partial charge in [-0.15, -0.1) is 0 Å². The lowest BCUT2D eigenvalue weighted by Crippen LogP contribution is -2.78. The number of halogens is 6. The molecule has 2 heterocycles. The molecule has 6 nitrogen and oxygen atoms in total. The summed E-state index contributed by atoms with van der Waals surface area (Å²) in [4.78, 5) is 4.10. The number of hydrogen-bond acceptors (Lipinski definition) is 5. The number of rotatable bonds is 7. The highest BCUT2D eigenvalue weighted by molar-refractivity contribution is 5.81. The number of methoxy groups -OCH3 is 1. The van der Waals surface area contributed by atoms with Crippen molar-refractivity contribution in [2.75, 3.05) is 20.3 Å². The number of fused-ring (bicyclic) bond motifs is 1. The van der Waals surface area contributed by atoms with Gasteiger partial charge in [0.25, 0.3) is 0 Å². The molecule has 12 heteroatoms. The summed E-state index contributed by atoms with van der Waals surface area (Å²) in [6.45, 7) is 2.22. The van der Waals surface area contributed by atoms with Crippen LogP contribution in [0.25, 0.3) is 11.0 Å². The monoisotopic (exact) mass is 521 g/mol. The molecule has 6 rings (SSSR count). The molecule has 4 fully saturated rings. The van der Waals surface area contributed by atoms with Crippen molar-refractivity contribution in [2.45, 2.75) is 75.6 Å². The van der Waals surface area contributed by atoms with Crippen LogP contribution in [-0.4, -0.2) is 58.8 Å². The molecule has 3 atom stereocenters. The van der Waals surface area contributed by atoms with Crippen molar-refractivity contribution in [2.24, 2.45) is 10.8 Å². The second kappa shape index (κ2) is 8.22. The number of ether oxygens (including phenoxy) is 2. The minimum atomic E-state index is -4.64. The Kier molecular flexibility index (Phi) is 5.85. The molecule has 200 valence electrons. The van der Waals surface area contributed by atoms with Crippen molar-refractivity contribution >= 4 is 11.0 Å². The van der Waals surface area contributed by atoms with Crippen LogP contribution in [0.2, 0.25) is 0 Å². The van der Waals surface area contributed by atoms with Crippen molar-refractivity contribution in [3.05, 3.63) is 24.0 Å². The quantitative estimate of drug-likeness (QED) is 0.518. The number of aliphatic hydroxyl groups is 1. The molecule has 0 unspecified atom stereocenters. The largest absolute Gasteiger partial charge is 0.492 e. The Labute approximate surface area is 204 Å². The van der Waals surface area contributed by atoms with E-state index < -0.39 is 40.4 Å². The van der Waals surface area contributed by atoms with Crippen molar-refractivity contribution in [1.29, 1.82) is 0 Å². The van der Waals surface area contributed by atoms with Crippen molar-refractivity contribution in [3.63, 3.8) is 0 Å². The second-order valence-corrected chi connectivity index (χ2v) is 10.9. The first-order chi connectivity index (χ1) is 16.7. The van der Waals surface area contributed by atoms with E-state index in [9.17, 15) is 31.4 Å². The minimum Gasteiger partial charge on any atom is -0.492 e. The summed E-state index contributed by atoms with van der Waals surface area (Å²) in [6.07, 6.45) is -7.31. The molecule has 3 aliphatic carbocycles. The summed E-state index contributed by atoms with van der Waals surface area (Å²) < 4.78 is 93.7. The third-order valence-corrected chi connectivity index (χ3v) is 8.35. The van der Waals surface area contributed by atoms with Crippen LogP contribution >= 0.6 is 0 Å². The van der Waals surface area contributed by atoms with Crippen LogP contribution in [0, 0.1) is 10.8 Å². The maximum atomic E-state index is 13.9. The smallest absolute Gasteiger partial charge is 0.418 e. The molecule has 2 aromatic rings.